The van der Waals surface area contributed by atoms with Gasteiger partial charge in [-0.15, -0.1) is 0 Å². The molecule has 1 aliphatic rings. The Morgan fingerprint density at radius 3 is 2.32 bits per heavy atom. The van der Waals surface area contributed by atoms with E-state index in [1.54, 1.807) is 4.90 Å². The average molecular weight is 305 g/mol. The van der Waals surface area contributed by atoms with Gasteiger partial charge in [0.1, 0.15) is 5.60 Å². The van der Waals surface area contributed by atoms with Crippen LogP contribution in [0, 0.1) is 13.8 Å². The molecule has 2 unspecified atom stereocenters. The van der Waals surface area contributed by atoms with Crippen molar-refractivity contribution in [3.63, 3.8) is 0 Å². The van der Waals surface area contributed by atoms with Gasteiger partial charge >= 0.3 is 6.09 Å². The largest absolute Gasteiger partial charge is 0.444 e. The van der Waals surface area contributed by atoms with Crippen LogP contribution in [0.5, 0.6) is 0 Å². The maximum Gasteiger partial charge on any atom is 0.410 e. The Kier molecular flexibility index (Phi) is 4.81. The number of carbonyl (C=O) groups is 1. The summed E-state index contributed by atoms with van der Waals surface area (Å²) in [7, 11) is 0. The molecule has 1 amide bonds. The second kappa shape index (κ2) is 6.29. The lowest BCUT2D eigenvalue weighted by molar-refractivity contribution is -0.00153. The van der Waals surface area contributed by atoms with E-state index in [1.807, 2.05) is 20.8 Å². The van der Waals surface area contributed by atoms with E-state index in [0.717, 1.165) is 12.0 Å². The number of carbonyl (C=O) groups excluding carboxylic acids is 1. The van der Waals surface area contributed by atoms with Crippen LogP contribution in [-0.2, 0) is 4.74 Å². The Morgan fingerprint density at radius 2 is 1.82 bits per heavy atom. The highest BCUT2D eigenvalue weighted by molar-refractivity contribution is 5.68. The van der Waals surface area contributed by atoms with Crippen LogP contribution in [0.4, 0.5) is 4.79 Å². The number of benzene rings is 1. The minimum Gasteiger partial charge on any atom is -0.444 e. The van der Waals surface area contributed by atoms with Crippen molar-refractivity contribution in [2.75, 3.05) is 13.1 Å². The van der Waals surface area contributed by atoms with Crippen molar-refractivity contribution >= 4 is 6.09 Å². The number of aryl methyl sites for hydroxylation is 2. The minimum atomic E-state index is -0.553. The fourth-order valence-electron chi connectivity index (χ4n) is 3.04. The fraction of sp³-hybridized carbons (Fsp3) is 0.611. The normalized spacial score (nSPS) is 22.5. The second-order valence-corrected chi connectivity index (χ2v) is 7.31. The first-order chi connectivity index (χ1) is 10.2. The zero-order valence-corrected chi connectivity index (χ0v) is 14.2. The number of rotatable bonds is 1. The Hall–Kier alpha value is -1.55. The van der Waals surface area contributed by atoms with Gasteiger partial charge in [-0.05, 0) is 46.6 Å². The summed E-state index contributed by atoms with van der Waals surface area (Å²) in [5.74, 6) is 0.0808. The summed E-state index contributed by atoms with van der Waals surface area (Å²) >= 11 is 0. The molecule has 0 aromatic heterocycles. The van der Waals surface area contributed by atoms with Gasteiger partial charge in [0.05, 0.1) is 12.6 Å². The molecule has 0 spiro atoms. The van der Waals surface area contributed by atoms with Gasteiger partial charge in [0, 0.05) is 12.5 Å². The quantitative estimate of drug-likeness (QED) is 0.865. The van der Waals surface area contributed by atoms with Crippen LogP contribution in [-0.4, -0.2) is 40.9 Å². The van der Waals surface area contributed by atoms with E-state index in [4.69, 9.17) is 4.74 Å². The molecule has 122 valence electrons. The Bertz CT molecular complexity index is 528. The van der Waals surface area contributed by atoms with E-state index in [0.29, 0.717) is 13.1 Å². The topological polar surface area (TPSA) is 49.8 Å². The first-order valence-electron chi connectivity index (χ1n) is 7.90. The second-order valence-electron chi connectivity index (χ2n) is 7.31. The number of ether oxygens (including phenoxy) is 1. The monoisotopic (exact) mass is 305 g/mol. The van der Waals surface area contributed by atoms with E-state index in [-0.39, 0.29) is 12.0 Å². The van der Waals surface area contributed by atoms with Gasteiger partial charge in [-0.1, -0.05) is 29.3 Å². The first-order valence-corrected chi connectivity index (χ1v) is 7.90. The number of hydrogen-bond acceptors (Lipinski definition) is 3. The predicted octanol–water partition coefficient (Wildman–Crippen LogP) is 3.39. The molecule has 0 radical (unpaired) electrons. The predicted molar refractivity (Wildman–Crippen MR) is 87.1 cm³/mol. The van der Waals surface area contributed by atoms with E-state index in [2.05, 4.69) is 32.0 Å². The smallest absolute Gasteiger partial charge is 0.410 e. The summed E-state index contributed by atoms with van der Waals surface area (Å²) < 4.78 is 5.38. The third kappa shape index (κ3) is 4.23. The molecule has 1 aliphatic heterocycles. The third-order valence-corrected chi connectivity index (χ3v) is 3.91. The van der Waals surface area contributed by atoms with Crippen LogP contribution in [0.3, 0.4) is 0 Å². The zero-order chi connectivity index (χ0) is 16.5. The Morgan fingerprint density at radius 1 is 1.23 bits per heavy atom. The van der Waals surface area contributed by atoms with Crippen LogP contribution < -0.4 is 0 Å². The molecule has 4 heteroatoms. The van der Waals surface area contributed by atoms with Crippen molar-refractivity contribution in [3.05, 3.63) is 34.9 Å². The summed E-state index contributed by atoms with van der Waals surface area (Å²) in [4.78, 5) is 13.7. The number of amides is 1. The summed E-state index contributed by atoms with van der Waals surface area (Å²) in [6.07, 6.45) is -0.142. The molecular weight excluding hydrogens is 278 g/mol. The van der Waals surface area contributed by atoms with E-state index >= 15 is 0 Å². The number of aliphatic hydroxyl groups is 1. The summed E-state index contributed by atoms with van der Waals surface area (Å²) in [5, 5.41) is 10.5. The highest BCUT2D eigenvalue weighted by atomic mass is 16.6. The van der Waals surface area contributed by atoms with Crippen molar-refractivity contribution in [1.29, 1.82) is 0 Å². The molecule has 22 heavy (non-hydrogen) atoms. The van der Waals surface area contributed by atoms with Crippen LogP contribution in [0.2, 0.25) is 0 Å². The van der Waals surface area contributed by atoms with E-state index in [1.165, 1.54) is 11.1 Å². The van der Waals surface area contributed by atoms with Gasteiger partial charge in [-0.2, -0.15) is 0 Å². The molecule has 1 aromatic rings. The maximum atomic E-state index is 12.1. The lowest BCUT2D eigenvalue weighted by Gasteiger charge is -2.37. The number of nitrogens with zero attached hydrogens (tertiary/aromatic N) is 1. The van der Waals surface area contributed by atoms with Gasteiger partial charge in [0.15, 0.2) is 0 Å². The van der Waals surface area contributed by atoms with Crippen LogP contribution in [0.1, 0.15) is 49.8 Å². The minimum absolute atomic E-state index is 0.0808. The Balaban J connectivity index is 2.05. The van der Waals surface area contributed by atoms with Crippen molar-refractivity contribution in [2.45, 2.75) is 58.7 Å². The number of likely N-dealkylation sites (tertiary alicyclic amines) is 1. The number of β-amino-alcohol motifs (C(OH)–C–C–N with tert-alkyl or cyclic N) is 1. The van der Waals surface area contributed by atoms with Gasteiger partial charge in [-0.3, -0.25) is 0 Å². The maximum absolute atomic E-state index is 12.1. The summed E-state index contributed by atoms with van der Waals surface area (Å²) in [6.45, 7) is 10.6. The third-order valence-electron chi connectivity index (χ3n) is 3.91. The Labute approximate surface area is 133 Å². The SMILES string of the molecule is Cc1cc(C)cc(C2CCN(C(=O)OC(C)(C)C)CC2O)c1. The van der Waals surface area contributed by atoms with Crippen molar-refractivity contribution in [3.8, 4) is 0 Å². The molecule has 1 heterocycles. The van der Waals surface area contributed by atoms with Crippen LogP contribution in [0.25, 0.3) is 0 Å². The number of hydrogen-bond donors (Lipinski definition) is 1. The molecular formula is C18H27NO3. The van der Waals surface area contributed by atoms with Gasteiger partial charge in [0.2, 0.25) is 0 Å². The highest BCUT2D eigenvalue weighted by Gasteiger charge is 2.33. The molecule has 2 atom stereocenters. The molecule has 2 rings (SSSR count). The standard InChI is InChI=1S/C18H27NO3/c1-12-8-13(2)10-14(9-12)15-6-7-19(11-16(15)20)17(21)22-18(3,4)5/h8-10,15-16,20H,6-7,11H2,1-5H3. The van der Waals surface area contributed by atoms with Gasteiger partial charge in [-0.25, -0.2) is 4.79 Å². The zero-order valence-electron chi connectivity index (χ0n) is 14.2. The van der Waals surface area contributed by atoms with E-state index in [9.17, 15) is 9.90 Å². The molecule has 4 nitrogen and oxygen atoms in total. The van der Waals surface area contributed by atoms with Crippen molar-refractivity contribution in [1.82, 2.24) is 4.90 Å². The molecule has 0 saturated carbocycles. The molecule has 0 bridgehead atoms. The molecule has 0 aliphatic carbocycles. The van der Waals surface area contributed by atoms with E-state index < -0.39 is 11.7 Å². The number of piperidine rings is 1. The first kappa shape index (κ1) is 16.8. The van der Waals surface area contributed by atoms with Gasteiger partial charge in [0.25, 0.3) is 0 Å². The lowest BCUT2D eigenvalue weighted by Crippen LogP contribution is -2.47. The van der Waals surface area contributed by atoms with Crippen LogP contribution >= 0.6 is 0 Å². The molecule has 1 aromatic carbocycles. The average Bonchev–Trinajstić information content (AvgIpc) is 2.35. The highest BCUT2D eigenvalue weighted by Crippen LogP contribution is 2.30. The lowest BCUT2D eigenvalue weighted by atomic mass is 9.86. The van der Waals surface area contributed by atoms with Crippen molar-refractivity contribution < 1.29 is 14.6 Å². The molecule has 1 N–H and O–H groups in total. The number of aliphatic hydroxyl groups excluding tert-OH is 1. The summed E-state index contributed by atoms with van der Waals surface area (Å²) in [6, 6.07) is 6.39. The molecule has 1 fully saturated rings. The summed E-state index contributed by atoms with van der Waals surface area (Å²) in [5.41, 5.74) is 3.06. The van der Waals surface area contributed by atoms with Crippen LogP contribution in [0.15, 0.2) is 18.2 Å². The van der Waals surface area contributed by atoms with Gasteiger partial charge < -0.3 is 14.7 Å². The molecule has 1 saturated heterocycles. The fourth-order valence-corrected chi connectivity index (χ4v) is 3.04. The van der Waals surface area contributed by atoms with Crippen molar-refractivity contribution in [2.24, 2.45) is 0 Å².